The van der Waals surface area contributed by atoms with E-state index in [2.05, 4.69) is 8.37 Å². The highest BCUT2D eigenvalue weighted by molar-refractivity contribution is 7.81. The molecular formula is C33H60O28S5. The van der Waals surface area contributed by atoms with Crippen LogP contribution in [-0.4, -0.2) is 172 Å². The topological polar surface area (TPSA) is 392 Å². The fourth-order valence-corrected chi connectivity index (χ4v) is 10.1. The third kappa shape index (κ3) is 16.3. The molecule has 66 heavy (non-hydrogen) atoms. The van der Waals surface area contributed by atoms with Gasteiger partial charge in [0.25, 0.3) is 0 Å². The molecule has 20 atom stereocenters. The van der Waals surface area contributed by atoms with Crippen molar-refractivity contribution in [3.8, 4) is 0 Å². The van der Waals surface area contributed by atoms with Gasteiger partial charge in [0, 0.05) is 30.8 Å². The van der Waals surface area contributed by atoms with Crippen molar-refractivity contribution < 1.29 is 124 Å². The molecule has 0 aliphatic carbocycles. The van der Waals surface area contributed by atoms with E-state index in [1.807, 2.05) is 0 Å². The predicted molar refractivity (Wildman–Crippen MR) is 216 cm³/mol. The molecular weight excluding hydrogens is 1000 g/mol. The van der Waals surface area contributed by atoms with Gasteiger partial charge in [0.15, 0.2) is 25.2 Å². The third-order valence-corrected chi connectivity index (χ3v) is 14.9. The van der Waals surface area contributed by atoms with Gasteiger partial charge < -0.3 is 37.9 Å². The summed E-state index contributed by atoms with van der Waals surface area (Å²) in [6.45, 7) is 9.68. The first-order chi connectivity index (χ1) is 30.1. The number of rotatable bonds is 21. The second-order valence-corrected chi connectivity index (χ2v) is 22.3. The largest absolute Gasteiger partial charge is 0.397 e. The highest BCUT2D eigenvalue weighted by Gasteiger charge is 2.53. The molecule has 0 aromatic rings. The maximum absolute atomic E-state index is 11.8. The van der Waals surface area contributed by atoms with Gasteiger partial charge in [0.1, 0.15) is 30.5 Å². The highest BCUT2D eigenvalue weighted by Crippen LogP contribution is 2.43. The Morgan fingerprint density at radius 3 is 0.818 bits per heavy atom. The average molecular weight is 1070 g/mol. The van der Waals surface area contributed by atoms with Gasteiger partial charge in [-0.25, -0.2) is 20.9 Å². The maximum atomic E-state index is 11.8. The molecule has 0 bridgehead atoms. The highest BCUT2D eigenvalue weighted by atomic mass is 32.3. The molecule has 0 aromatic carbocycles. The minimum Gasteiger partial charge on any atom is -0.356 e. The summed E-state index contributed by atoms with van der Waals surface area (Å²) >= 11 is 0. The van der Waals surface area contributed by atoms with Crippen LogP contribution < -0.4 is 0 Å². The molecule has 0 radical (unpaired) electrons. The van der Waals surface area contributed by atoms with Crippen LogP contribution in [0.25, 0.3) is 0 Å². The van der Waals surface area contributed by atoms with Crippen LogP contribution in [0.4, 0.5) is 0 Å². The number of methoxy groups -OCH3 is 1. The van der Waals surface area contributed by atoms with E-state index in [1.54, 1.807) is 41.5 Å². The zero-order valence-electron chi connectivity index (χ0n) is 37.0. The minimum atomic E-state index is -5.15. The van der Waals surface area contributed by atoms with Crippen LogP contribution in [0, 0.1) is 47.3 Å². The van der Waals surface area contributed by atoms with E-state index >= 15 is 0 Å². The first kappa shape index (κ1) is 57.6. The van der Waals surface area contributed by atoms with Crippen molar-refractivity contribution in [1.82, 2.24) is 0 Å². The van der Waals surface area contributed by atoms with Gasteiger partial charge in [0.05, 0.1) is 44.7 Å². The van der Waals surface area contributed by atoms with Gasteiger partial charge in [-0.3, -0.25) is 22.8 Å². The molecule has 390 valence electrons. The monoisotopic (exact) mass is 1060 g/mol. The molecule has 4 saturated heterocycles. The summed E-state index contributed by atoms with van der Waals surface area (Å²) in [6, 6.07) is 0. The lowest BCUT2D eigenvalue weighted by atomic mass is 9.81. The summed E-state index contributed by atoms with van der Waals surface area (Å²) < 4.78 is 236. The van der Waals surface area contributed by atoms with E-state index in [4.69, 9.17) is 50.4 Å². The van der Waals surface area contributed by atoms with Gasteiger partial charge in [-0.2, -0.15) is 42.1 Å². The summed E-state index contributed by atoms with van der Waals surface area (Å²) in [5, 5.41) is 0. The Morgan fingerprint density at radius 1 is 0.348 bits per heavy atom. The van der Waals surface area contributed by atoms with Crippen LogP contribution in [0.15, 0.2) is 0 Å². The van der Waals surface area contributed by atoms with Gasteiger partial charge in [-0.15, -0.1) is 0 Å². The van der Waals surface area contributed by atoms with Crippen molar-refractivity contribution in [3.05, 3.63) is 0 Å². The molecule has 0 saturated carbocycles. The molecule has 5 N–H and O–H groups in total. The van der Waals surface area contributed by atoms with Crippen LogP contribution in [-0.2, 0) is 111 Å². The zero-order valence-corrected chi connectivity index (χ0v) is 41.1. The van der Waals surface area contributed by atoms with Crippen molar-refractivity contribution in [1.29, 1.82) is 0 Å². The van der Waals surface area contributed by atoms with E-state index in [1.165, 1.54) is 21.0 Å². The lowest BCUT2D eigenvalue weighted by Gasteiger charge is -2.51. The first-order valence-corrected chi connectivity index (χ1v) is 27.2. The van der Waals surface area contributed by atoms with Crippen LogP contribution >= 0.6 is 0 Å². The molecule has 4 rings (SSSR count). The van der Waals surface area contributed by atoms with Crippen LogP contribution in [0.5, 0.6) is 0 Å². The van der Waals surface area contributed by atoms with E-state index in [0.29, 0.717) is 0 Å². The van der Waals surface area contributed by atoms with E-state index < -0.39 is 194 Å². The number of hydrogen-bond donors (Lipinski definition) is 5. The van der Waals surface area contributed by atoms with Crippen LogP contribution in [0.2, 0.25) is 0 Å². The molecule has 4 aliphatic rings. The van der Waals surface area contributed by atoms with Crippen molar-refractivity contribution in [2.45, 2.75) is 129 Å². The van der Waals surface area contributed by atoms with E-state index in [9.17, 15) is 64.9 Å². The number of hydrogen-bond acceptors (Lipinski definition) is 23. The van der Waals surface area contributed by atoms with Crippen molar-refractivity contribution in [2.24, 2.45) is 47.3 Å². The Hall–Kier alpha value is -0.970. The minimum absolute atomic E-state index is 0.349. The Bertz CT molecular complexity index is 2160. The summed E-state index contributed by atoms with van der Waals surface area (Å²) in [7, 11) is -24.0. The second-order valence-electron chi connectivity index (χ2n) is 16.9. The molecule has 28 nitrogen and oxygen atoms in total. The average Bonchev–Trinajstić information content (AvgIpc) is 3.17. The van der Waals surface area contributed by atoms with E-state index in [0.717, 1.165) is 0 Å². The Labute approximate surface area is 384 Å². The van der Waals surface area contributed by atoms with Crippen molar-refractivity contribution in [3.63, 3.8) is 0 Å². The van der Waals surface area contributed by atoms with E-state index in [-0.39, 0.29) is 5.92 Å². The second kappa shape index (κ2) is 22.6. The molecule has 0 amide bonds. The van der Waals surface area contributed by atoms with Gasteiger partial charge >= 0.3 is 52.0 Å². The molecule has 4 fully saturated rings. The van der Waals surface area contributed by atoms with Crippen LogP contribution in [0.3, 0.4) is 0 Å². The lowest BCUT2D eigenvalue weighted by Crippen LogP contribution is -2.61. The predicted octanol–water partition coefficient (Wildman–Crippen LogP) is 0.242. The van der Waals surface area contributed by atoms with Crippen LogP contribution in [0.1, 0.15) is 55.4 Å². The SMILES string of the molecule is CO[C@H]1OC(COS(=O)(=O)O)[C@@H](O[C@H]2OC(COS(=O)(=O)O)[C@@H](O[C@H]3OC(COS(=O)(=O)O)[C@@H](O[C@H]4OC(COS(=O)(=O)O)[C@@H](OS(=O)(=O)O)C(C)C4C)C(C)C3C)C(C)C2C)C(C)C1C. The van der Waals surface area contributed by atoms with Gasteiger partial charge in [-0.05, 0) is 23.7 Å². The van der Waals surface area contributed by atoms with Gasteiger partial charge in [-0.1, -0.05) is 55.4 Å². The fraction of sp³-hybridized carbons (Fsp3) is 1.00. The molecule has 4 aliphatic heterocycles. The smallest absolute Gasteiger partial charge is 0.356 e. The summed E-state index contributed by atoms with van der Waals surface area (Å²) in [4.78, 5) is 0. The summed E-state index contributed by atoms with van der Waals surface area (Å²) in [5.41, 5.74) is 0. The molecule has 0 spiro atoms. The number of ether oxygens (including phenoxy) is 8. The molecule has 12 unspecified atom stereocenters. The summed E-state index contributed by atoms with van der Waals surface area (Å²) in [5.74, 6) is -5.32. The van der Waals surface area contributed by atoms with Gasteiger partial charge in [0.2, 0.25) is 0 Å². The third-order valence-electron chi connectivity index (χ3n) is 12.7. The fourth-order valence-electron chi connectivity index (χ4n) is 8.31. The summed E-state index contributed by atoms with van der Waals surface area (Å²) in [6.07, 6.45) is -15.4. The molecule has 33 heteroatoms. The Kier molecular flexibility index (Phi) is 19.7. The zero-order chi connectivity index (χ0) is 50.1. The normalized spacial score (nSPS) is 41.1. The first-order valence-electron chi connectivity index (χ1n) is 20.3. The Balaban J connectivity index is 1.62. The Morgan fingerprint density at radius 2 is 0.576 bits per heavy atom. The molecule has 0 aromatic heterocycles. The quantitative estimate of drug-likeness (QED) is 0.0961. The standard InChI is InChI=1S/C33H60O28S5/c1-14-18(5)30(49-9)54-22(10-50-62(34,35)36)26(14)58-31-19(6)15(2)27(23(55-31)11-51-63(37,38)39)59-32-20(7)16(3)28(24(56-32)12-52-64(40,41)42)60-33-21(8)17(4)29(61-66(46,47)48)25(57-33)13-53-65(43,44)45/h14-33H,10-13H2,1-9H3,(H,34,35,36)(H,37,38,39)(H,40,41,42)(H,43,44,45)(H,46,47,48)/t14?,15?,16?,17?,18?,19?,20?,21?,22?,23?,24?,25?,26-,27-,28-,29-,30-,31+,32+,33+/m0/s1. The van der Waals surface area contributed by atoms with Crippen molar-refractivity contribution >= 4 is 52.0 Å². The molecule has 4 heterocycles. The van der Waals surface area contributed by atoms with Crippen molar-refractivity contribution in [2.75, 3.05) is 33.5 Å². The maximum Gasteiger partial charge on any atom is 0.397 e. The lowest BCUT2D eigenvalue weighted by molar-refractivity contribution is -0.361.